The van der Waals surface area contributed by atoms with Gasteiger partial charge in [0.25, 0.3) is 5.91 Å². The molecule has 6 heteroatoms. The number of amides is 1. The first-order valence-corrected chi connectivity index (χ1v) is 11.3. The van der Waals surface area contributed by atoms with Crippen LogP contribution in [-0.4, -0.2) is 13.0 Å². The van der Waals surface area contributed by atoms with E-state index in [1.807, 2.05) is 36.4 Å². The number of fused-ring (bicyclic) bond motifs is 2. The number of methoxy groups -OCH3 is 1. The Morgan fingerprint density at radius 2 is 1.69 bits per heavy atom. The number of hydrogen-bond acceptors (Lipinski definition) is 5. The molecule has 6 nitrogen and oxygen atoms in total. The number of furan rings is 1. The van der Waals surface area contributed by atoms with Gasteiger partial charge < -0.3 is 18.9 Å². The van der Waals surface area contributed by atoms with Gasteiger partial charge in [0.15, 0.2) is 22.5 Å². The van der Waals surface area contributed by atoms with Crippen molar-refractivity contribution in [2.24, 2.45) is 0 Å². The van der Waals surface area contributed by atoms with Crippen LogP contribution in [0.5, 0.6) is 5.75 Å². The van der Waals surface area contributed by atoms with Crippen molar-refractivity contribution in [3.8, 4) is 17.1 Å². The van der Waals surface area contributed by atoms with Crippen LogP contribution in [0.3, 0.4) is 0 Å². The monoisotopic (exact) mass is 467 g/mol. The molecule has 0 atom stereocenters. The Kier molecular flexibility index (Phi) is 5.44. The Morgan fingerprint density at radius 1 is 0.914 bits per heavy atom. The number of hydrogen-bond donors (Lipinski definition) is 1. The summed E-state index contributed by atoms with van der Waals surface area (Å²) in [4.78, 5) is 25.7. The Bertz CT molecular complexity index is 1620. The van der Waals surface area contributed by atoms with E-state index in [0.717, 1.165) is 10.9 Å². The van der Waals surface area contributed by atoms with Crippen LogP contribution in [-0.2, 0) is 5.41 Å². The van der Waals surface area contributed by atoms with Crippen molar-refractivity contribution in [3.05, 3.63) is 94.3 Å². The van der Waals surface area contributed by atoms with Crippen molar-refractivity contribution in [1.29, 1.82) is 0 Å². The van der Waals surface area contributed by atoms with E-state index in [1.54, 1.807) is 37.4 Å². The Labute approximate surface area is 202 Å². The zero-order valence-electron chi connectivity index (χ0n) is 20.0. The maximum atomic E-state index is 12.9. The molecule has 1 amide bonds. The fraction of sp³-hybridized carbons (Fsp3) is 0.172. The molecule has 0 aliphatic rings. The average Bonchev–Trinajstić information content (AvgIpc) is 3.29. The second-order valence-electron chi connectivity index (χ2n) is 9.46. The van der Waals surface area contributed by atoms with E-state index >= 15 is 0 Å². The highest BCUT2D eigenvalue weighted by Gasteiger charge is 2.17. The molecule has 0 unspecified atom stereocenters. The molecule has 0 spiro atoms. The molecule has 0 aliphatic heterocycles. The number of benzene rings is 3. The highest BCUT2D eigenvalue weighted by atomic mass is 16.5. The highest BCUT2D eigenvalue weighted by Crippen LogP contribution is 2.30. The summed E-state index contributed by atoms with van der Waals surface area (Å²) >= 11 is 0. The summed E-state index contributed by atoms with van der Waals surface area (Å²) in [5, 5.41) is 3.93. The van der Waals surface area contributed by atoms with Crippen LogP contribution in [0.4, 0.5) is 5.69 Å². The number of rotatable bonds is 4. The predicted octanol–water partition coefficient (Wildman–Crippen LogP) is 6.76. The van der Waals surface area contributed by atoms with E-state index in [9.17, 15) is 9.59 Å². The molecule has 0 saturated heterocycles. The van der Waals surface area contributed by atoms with Gasteiger partial charge in [-0.1, -0.05) is 57.2 Å². The van der Waals surface area contributed by atoms with Gasteiger partial charge in [-0.15, -0.1) is 0 Å². The number of anilines is 1. The number of carbonyl (C=O) groups excluding carboxylic acids is 1. The molecular weight excluding hydrogens is 442 g/mol. The van der Waals surface area contributed by atoms with Crippen molar-refractivity contribution in [1.82, 2.24) is 0 Å². The van der Waals surface area contributed by atoms with Crippen LogP contribution in [0.1, 0.15) is 36.9 Å². The summed E-state index contributed by atoms with van der Waals surface area (Å²) in [6, 6.07) is 21.6. The van der Waals surface area contributed by atoms with Gasteiger partial charge in [-0.05, 0) is 41.3 Å². The largest absolute Gasteiger partial charge is 0.493 e. The van der Waals surface area contributed by atoms with E-state index in [1.165, 1.54) is 11.6 Å². The van der Waals surface area contributed by atoms with Gasteiger partial charge in [-0.2, -0.15) is 0 Å². The van der Waals surface area contributed by atoms with Crippen molar-refractivity contribution < 1.29 is 18.4 Å². The molecule has 0 fully saturated rings. The number of ether oxygens (including phenoxy) is 1. The van der Waals surface area contributed by atoms with E-state index in [4.69, 9.17) is 13.6 Å². The lowest BCUT2D eigenvalue weighted by molar-refractivity contribution is 0.0998. The van der Waals surface area contributed by atoms with Crippen LogP contribution in [0.25, 0.3) is 33.3 Å². The standard InChI is InChI=1S/C29H25NO5/c1-29(2,3)19-10-8-17(9-11-19)25-16-22(31)21-15-20(12-13-23(21)34-25)30-28(32)26-14-18-6-5-7-24(33-4)27(18)35-26/h5-16H,1-4H3,(H,30,32). The van der Waals surface area contributed by atoms with Crippen molar-refractivity contribution >= 4 is 33.5 Å². The van der Waals surface area contributed by atoms with E-state index in [0.29, 0.717) is 33.7 Å². The maximum Gasteiger partial charge on any atom is 0.291 e. The van der Waals surface area contributed by atoms with E-state index in [2.05, 4.69) is 26.1 Å². The number of para-hydroxylation sites is 1. The van der Waals surface area contributed by atoms with Crippen LogP contribution < -0.4 is 15.5 Å². The zero-order valence-corrected chi connectivity index (χ0v) is 20.0. The first-order chi connectivity index (χ1) is 16.7. The Balaban J connectivity index is 1.42. The Morgan fingerprint density at radius 3 is 2.40 bits per heavy atom. The van der Waals surface area contributed by atoms with Gasteiger partial charge in [0.2, 0.25) is 0 Å². The summed E-state index contributed by atoms with van der Waals surface area (Å²) in [6.07, 6.45) is 0. The van der Waals surface area contributed by atoms with Gasteiger partial charge in [0, 0.05) is 22.7 Å². The number of nitrogens with one attached hydrogen (secondary N) is 1. The van der Waals surface area contributed by atoms with Gasteiger partial charge in [-0.3, -0.25) is 9.59 Å². The topological polar surface area (TPSA) is 81.7 Å². The summed E-state index contributed by atoms with van der Waals surface area (Å²) < 4.78 is 17.0. The fourth-order valence-corrected chi connectivity index (χ4v) is 4.01. The molecule has 0 aliphatic carbocycles. The van der Waals surface area contributed by atoms with Crippen LogP contribution in [0, 0.1) is 0 Å². The van der Waals surface area contributed by atoms with Crippen LogP contribution in [0.15, 0.2) is 86.4 Å². The van der Waals surface area contributed by atoms with E-state index < -0.39 is 5.91 Å². The van der Waals surface area contributed by atoms with Crippen LogP contribution in [0.2, 0.25) is 0 Å². The molecule has 176 valence electrons. The molecule has 0 saturated carbocycles. The molecule has 2 heterocycles. The SMILES string of the molecule is COc1cccc2cc(C(=O)Nc3ccc4oc(-c5ccc(C(C)(C)C)cc5)cc(=O)c4c3)oc12. The summed E-state index contributed by atoms with van der Waals surface area (Å²) in [6.45, 7) is 6.46. The second kappa shape index (κ2) is 8.47. The van der Waals surface area contributed by atoms with Gasteiger partial charge in [0.1, 0.15) is 11.3 Å². The lowest BCUT2D eigenvalue weighted by Crippen LogP contribution is -2.11. The maximum absolute atomic E-state index is 12.9. The number of carbonyl (C=O) groups is 1. The van der Waals surface area contributed by atoms with Gasteiger partial charge in [0.05, 0.1) is 12.5 Å². The third-order valence-corrected chi connectivity index (χ3v) is 5.97. The summed E-state index contributed by atoms with van der Waals surface area (Å²) in [5.74, 6) is 0.762. The van der Waals surface area contributed by atoms with Crippen molar-refractivity contribution in [3.63, 3.8) is 0 Å². The second-order valence-corrected chi connectivity index (χ2v) is 9.46. The molecule has 35 heavy (non-hydrogen) atoms. The quantitative estimate of drug-likeness (QED) is 0.316. The smallest absolute Gasteiger partial charge is 0.291 e. The molecule has 5 aromatic rings. The minimum atomic E-state index is -0.428. The molecule has 0 bridgehead atoms. The molecular formula is C29H25NO5. The van der Waals surface area contributed by atoms with E-state index in [-0.39, 0.29) is 16.6 Å². The minimum Gasteiger partial charge on any atom is -0.493 e. The summed E-state index contributed by atoms with van der Waals surface area (Å²) in [7, 11) is 1.55. The third kappa shape index (κ3) is 4.30. The Hall–Kier alpha value is -4.32. The molecule has 0 radical (unpaired) electrons. The lowest BCUT2D eigenvalue weighted by Gasteiger charge is -2.19. The average molecular weight is 468 g/mol. The molecule has 2 aromatic heterocycles. The van der Waals surface area contributed by atoms with Crippen molar-refractivity contribution in [2.45, 2.75) is 26.2 Å². The minimum absolute atomic E-state index is 0.0397. The third-order valence-electron chi connectivity index (χ3n) is 5.97. The summed E-state index contributed by atoms with van der Waals surface area (Å²) in [5.41, 5.74) is 3.29. The van der Waals surface area contributed by atoms with Gasteiger partial charge in [-0.25, -0.2) is 0 Å². The highest BCUT2D eigenvalue weighted by molar-refractivity contribution is 6.05. The first-order valence-electron chi connectivity index (χ1n) is 11.3. The normalized spacial score (nSPS) is 11.7. The predicted molar refractivity (Wildman–Crippen MR) is 137 cm³/mol. The fourth-order valence-electron chi connectivity index (χ4n) is 4.01. The molecule has 3 aromatic carbocycles. The lowest BCUT2D eigenvalue weighted by atomic mass is 9.86. The van der Waals surface area contributed by atoms with Crippen molar-refractivity contribution in [2.75, 3.05) is 12.4 Å². The first kappa shape index (κ1) is 22.5. The van der Waals surface area contributed by atoms with Crippen LogP contribution >= 0.6 is 0 Å². The molecule has 1 N–H and O–H groups in total. The van der Waals surface area contributed by atoms with Gasteiger partial charge >= 0.3 is 0 Å². The zero-order chi connectivity index (χ0) is 24.7. The molecule has 5 rings (SSSR count).